The van der Waals surface area contributed by atoms with Gasteiger partial charge >= 0.3 is 6.09 Å². The SMILES string of the molecule is O=C(O)N1CCC(COc2cccc(F)c2)CC1. The Morgan fingerprint density at radius 3 is 2.78 bits per heavy atom. The third-order valence-electron chi connectivity index (χ3n) is 3.17. The number of likely N-dealkylation sites (tertiary alicyclic amines) is 1. The molecule has 5 heteroatoms. The molecule has 18 heavy (non-hydrogen) atoms. The van der Waals surface area contributed by atoms with Crippen LogP contribution in [0.4, 0.5) is 9.18 Å². The van der Waals surface area contributed by atoms with Crippen LogP contribution in [0.5, 0.6) is 5.75 Å². The first-order valence-electron chi connectivity index (χ1n) is 6.01. The molecule has 1 aromatic carbocycles. The largest absolute Gasteiger partial charge is 0.493 e. The van der Waals surface area contributed by atoms with Gasteiger partial charge in [0.2, 0.25) is 0 Å². The van der Waals surface area contributed by atoms with E-state index in [-0.39, 0.29) is 5.82 Å². The van der Waals surface area contributed by atoms with E-state index in [1.165, 1.54) is 17.0 Å². The van der Waals surface area contributed by atoms with E-state index < -0.39 is 6.09 Å². The molecule has 0 bridgehead atoms. The molecule has 0 aliphatic carbocycles. The molecule has 0 spiro atoms. The topological polar surface area (TPSA) is 49.8 Å². The van der Waals surface area contributed by atoms with E-state index >= 15 is 0 Å². The second-order valence-corrected chi connectivity index (χ2v) is 4.48. The zero-order valence-corrected chi connectivity index (χ0v) is 10.0. The van der Waals surface area contributed by atoms with Gasteiger partial charge in [-0.3, -0.25) is 0 Å². The summed E-state index contributed by atoms with van der Waals surface area (Å²) in [4.78, 5) is 12.1. The zero-order valence-electron chi connectivity index (χ0n) is 10.0. The zero-order chi connectivity index (χ0) is 13.0. The number of piperidine rings is 1. The number of benzene rings is 1. The molecule has 0 aromatic heterocycles. The molecule has 98 valence electrons. The van der Waals surface area contributed by atoms with Crippen LogP contribution in [0.1, 0.15) is 12.8 Å². The van der Waals surface area contributed by atoms with Crippen LogP contribution in [0, 0.1) is 11.7 Å². The van der Waals surface area contributed by atoms with Crippen LogP contribution < -0.4 is 4.74 Å². The van der Waals surface area contributed by atoms with Gasteiger partial charge in [-0.15, -0.1) is 0 Å². The standard InChI is InChI=1S/C13H16FNO3/c14-11-2-1-3-12(8-11)18-9-10-4-6-15(7-5-10)13(16)17/h1-3,8,10H,4-7,9H2,(H,16,17). The molecule has 1 aliphatic rings. The molecule has 4 nitrogen and oxygen atoms in total. The lowest BCUT2D eigenvalue weighted by atomic mass is 9.98. The molecule has 2 rings (SSSR count). The average Bonchev–Trinajstić information content (AvgIpc) is 2.37. The first kappa shape index (κ1) is 12.7. The van der Waals surface area contributed by atoms with Crippen molar-refractivity contribution in [3.05, 3.63) is 30.1 Å². The van der Waals surface area contributed by atoms with Crippen molar-refractivity contribution < 1.29 is 19.0 Å². The Labute approximate surface area is 105 Å². The number of amides is 1. The molecule has 1 aromatic rings. The Kier molecular flexibility index (Phi) is 4.02. The van der Waals surface area contributed by atoms with Crippen LogP contribution in [0.2, 0.25) is 0 Å². The lowest BCUT2D eigenvalue weighted by molar-refractivity contribution is 0.111. The van der Waals surface area contributed by atoms with Crippen molar-refractivity contribution in [2.75, 3.05) is 19.7 Å². The number of hydrogen-bond acceptors (Lipinski definition) is 2. The lowest BCUT2D eigenvalue weighted by Crippen LogP contribution is -2.38. The van der Waals surface area contributed by atoms with Crippen LogP contribution in [0.25, 0.3) is 0 Å². The number of carboxylic acid groups (broad SMARTS) is 1. The van der Waals surface area contributed by atoms with Gasteiger partial charge < -0.3 is 14.7 Å². The summed E-state index contributed by atoms with van der Waals surface area (Å²) < 4.78 is 18.4. The summed E-state index contributed by atoms with van der Waals surface area (Å²) in [5.74, 6) is 0.549. The van der Waals surface area contributed by atoms with Crippen molar-refractivity contribution in [1.82, 2.24) is 4.90 Å². The predicted octanol–water partition coefficient (Wildman–Crippen LogP) is 2.59. The van der Waals surface area contributed by atoms with Crippen molar-refractivity contribution in [3.63, 3.8) is 0 Å². The summed E-state index contributed by atoms with van der Waals surface area (Å²) in [6, 6.07) is 6.05. The van der Waals surface area contributed by atoms with Gasteiger partial charge in [-0.05, 0) is 30.9 Å². The minimum absolute atomic E-state index is 0.312. The first-order valence-corrected chi connectivity index (χ1v) is 6.01. The highest BCUT2D eigenvalue weighted by Crippen LogP contribution is 2.19. The highest BCUT2D eigenvalue weighted by molar-refractivity contribution is 5.64. The minimum Gasteiger partial charge on any atom is -0.493 e. The summed E-state index contributed by atoms with van der Waals surface area (Å²) in [5, 5.41) is 8.82. The third-order valence-corrected chi connectivity index (χ3v) is 3.17. The number of halogens is 1. The number of rotatable bonds is 3. The molecule has 1 heterocycles. The van der Waals surface area contributed by atoms with Gasteiger partial charge in [0, 0.05) is 19.2 Å². The number of ether oxygens (including phenoxy) is 1. The van der Waals surface area contributed by atoms with Crippen LogP contribution >= 0.6 is 0 Å². The van der Waals surface area contributed by atoms with Crippen molar-refractivity contribution in [1.29, 1.82) is 0 Å². The van der Waals surface area contributed by atoms with Crippen LogP contribution in [-0.2, 0) is 0 Å². The second-order valence-electron chi connectivity index (χ2n) is 4.48. The molecule has 1 N–H and O–H groups in total. The highest BCUT2D eigenvalue weighted by Gasteiger charge is 2.22. The van der Waals surface area contributed by atoms with Gasteiger partial charge in [0.1, 0.15) is 11.6 Å². The average molecular weight is 253 g/mol. The fraction of sp³-hybridized carbons (Fsp3) is 0.462. The smallest absolute Gasteiger partial charge is 0.407 e. The lowest BCUT2D eigenvalue weighted by Gasteiger charge is -2.29. The summed E-state index contributed by atoms with van der Waals surface area (Å²) in [7, 11) is 0. The number of hydrogen-bond donors (Lipinski definition) is 1. The predicted molar refractivity (Wildman–Crippen MR) is 64.2 cm³/mol. The van der Waals surface area contributed by atoms with E-state index in [4.69, 9.17) is 9.84 Å². The van der Waals surface area contributed by atoms with Crippen LogP contribution in [-0.4, -0.2) is 35.8 Å². The van der Waals surface area contributed by atoms with Crippen LogP contribution in [0.3, 0.4) is 0 Å². The summed E-state index contributed by atoms with van der Waals surface area (Å²) in [6.45, 7) is 1.61. The van der Waals surface area contributed by atoms with E-state index in [1.807, 2.05) is 0 Å². The van der Waals surface area contributed by atoms with E-state index in [1.54, 1.807) is 12.1 Å². The van der Waals surface area contributed by atoms with E-state index in [2.05, 4.69) is 0 Å². The Morgan fingerprint density at radius 2 is 2.17 bits per heavy atom. The normalized spacial score (nSPS) is 16.6. The fourth-order valence-electron chi connectivity index (χ4n) is 2.06. The van der Waals surface area contributed by atoms with Crippen LogP contribution in [0.15, 0.2) is 24.3 Å². The molecule has 1 aliphatic heterocycles. The Balaban J connectivity index is 1.77. The monoisotopic (exact) mass is 253 g/mol. The number of carbonyl (C=O) groups is 1. The van der Waals surface area contributed by atoms with Gasteiger partial charge in [0.25, 0.3) is 0 Å². The maximum atomic E-state index is 12.9. The van der Waals surface area contributed by atoms with Crippen molar-refractivity contribution in [2.45, 2.75) is 12.8 Å². The quantitative estimate of drug-likeness (QED) is 0.900. The van der Waals surface area contributed by atoms with Gasteiger partial charge in [-0.2, -0.15) is 0 Å². The highest BCUT2D eigenvalue weighted by atomic mass is 19.1. The van der Waals surface area contributed by atoms with Gasteiger partial charge in [0.15, 0.2) is 0 Å². The Morgan fingerprint density at radius 1 is 1.44 bits per heavy atom. The second kappa shape index (κ2) is 5.71. The molecular formula is C13H16FNO3. The molecule has 0 atom stereocenters. The van der Waals surface area contributed by atoms with Crippen molar-refractivity contribution in [2.24, 2.45) is 5.92 Å². The maximum Gasteiger partial charge on any atom is 0.407 e. The summed E-state index contributed by atoms with van der Waals surface area (Å²) in [5.41, 5.74) is 0. The van der Waals surface area contributed by atoms with Crippen molar-refractivity contribution in [3.8, 4) is 5.75 Å². The van der Waals surface area contributed by atoms with Gasteiger partial charge in [-0.25, -0.2) is 9.18 Å². The Bertz CT molecular complexity index is 416. The summed E-state index contributed by atoms with van der Waals surface area (Å²) in [6.07, 6.45) is 0.725. The Hall–Kier alpha value is -1.78. The van der Waals surface area contributed by atoms with E-state index in [0.717, 1.165) is 12.8 Å². The molecule has 0 radical (unpaired) electrons. The maximum absolute atomic E-state index is 12.9. The molecule has 0 unspecified atom stereocenters. The molecule has 0 saturated carbocycles. The molecule has 1 amide bonds. The number of nitrogens with zero attached hydrogens (tertiary/aromatic N) is 1. The fourth-order valence-corrected chi connectivity index (χ4v) is 2.06. The first-order chi connectivity index (χ1) is 8.65. The third kappa shape index (κ3) is 3.35. The van der Waals surface area contributed by atoms with Crippen molar-refractivity contribution >= 4 is 6.09 Å². The minimum atomic E-state index is -0.862. The van der Waals surface area contributed by atoms with Gasteiger partial charge in [0.05, 0.1) is 6.61 Å². The molecule has 1 saturated heterocycles. The van der Waals surface area contributed by atoms with E-state index in [9.17, 15) is 9.18 Å². The van der Waals surface area contributed by atoms with E-state index in [0.29, 0.717) is 31.4 Å². The van der Waals surface area contributed by atoms with Gasteiger partial charge in [-0.1, -0.05) is 6.07 Å². The summed E-state index contributed by atoms with van der Waals surface area (Å²) >= 11 is 0. The molecular weight excluding hydrogens is 237 g/mol. The molecule has 1 fully saturated rings.